The molecule has 2 fully saturated rings. The molecule has 1 aromatic heterocycles. The molecule has 30 heavy (non-hydrogen) atoms. The second kappa shape index (κ2) is 7.20. The quantitative estimate of drug-likeness (QED) is 0.599. The van der Waals surface area contributed by atoms with Crippen LogP contribution in [0.3, 0.4) is 0 Å². The maximum absolute atomic E-state index is 15.4. The number of aromatic amines is 1. The standard InChI is InChI=1S/C18H23F4N5O3/c1-30-15-13-10(16(28)25-17(29)27(13)8-2-3-8)12(24)11(19)14(15)26-5-7(4-23)9(6-26)18(20,21)22/h7-9,14-15H,2-6,23-24H2,1H3,(H,25,28,29). The van der Waals surface area contributed by atoms with Crippen molar-refractivity contribution in [3.8, 4) is 0 Å². The Morgan fingerprint density at radius 3 is 2.40 bits per heavy atom. The fourth-order valence-corrected chi connectivity index (χ4v) is 4.70. The summed E-state index contributed by atoms with van der Waals surface area (Å²) in [6, 6.07) is -1.50. The van der Waals surface area contributed by atoms with E-state index < -0.39 is 59.5 Å². The summed E-state index contributed by atoms with van der Waals surface area (Å²) < 4.78 is 62.6. The SMILES string of the molecule is COC1c2c(c(=O)[nH]c(=O)n2C2CC2)C(N)=C(F)C1N1CC(CN)C(C(F)(F)F)C1. The number of nitrogens with zero attached hydrogens (tertiary/aromatic N) is 2. The lowest BCUT2D eigenvalue weighted by Crippen LogP contribution is -2.48. The van der Waals surface area contributed by atoms with E-state index in [2.05, 4.69) is 4.98 Å². The van der Waals surface area contributed by atoms with Gasteiger partial charge in [0.05, 0.1) is 28.9 Å². The van der Waals surface area contributed by atoms with Gasteiger partial charge in [0.2, 0.25) is 0 Å². The van der Waals surface area contributed by atoms with Crippen molar-refractivity contribution in [1.82, 2.24) is 14.5 Å². The highest BCUT2D eigenvalue weighted by Gasteiger charge is 2.53. The van der Waals surface area contributed by atoms with Crippen molar-refractivity contribution in [2.75, 3.05) is 26.7 Å². The van der Waals surface area contributed by atoms with Gasteiger partial charge in [0.1, 0.15) is 11.9 Å². The van der Waals surface area contributed by atoms with E-state index in [0.29, 0.717) is 12.8 Å². The van der Waals surface area contributed by atoms with Gasteiger partial charge in [0.25, 0.3) is 5.56 Å². The number of hydrogen-bond acceptors (Lipinski definition) is 6. The number of aromatic nitrogens is 2. The first-order valence-electron chi connectivity index (χ1n) is 9.68. The first-order valence-corrected chi connectivity index (χ1v) is 9.68. The van der Waals surface area contributed by atoms with Gasteiger partial charge < -0.3 is 16.2 Å². The van der Waals surface area contributed by atoms with Gasteiger partial charge in [-0.15, -0.1) is 0 Å². The molecule has 4 unspecified atom stereocenters. The molecule has 0 bridgehead atoms. The fraction of sp³-hybridized carbons (Fsp3) is 0.667. The molecular weight excluding hydrogens is 410 g/mol. The molecule has 5 N–H and O–H groups in total. The largest absolute Gasteiger partial charge is 0.396 e. The number of rotatable bonds is 4. The van der Waals surface area contributed by atoms with Crippen molar-refractivity contribution in [1.29, 1.82) is 0 Å². The van der Waals surface area contributed by atoms with Gasteiger partial charge in [-0.1, -0.05) is 0 Å². The number of methoxy groups -OCH3 is 1. The van der Waals surface area contributed by atoms with Crippen LogP contribution in [0.5, 0.6) is 0 Å². The lowest BCUT2D eigenvalue weighted by molar-refractivity contribution is -0.180. The van der Waals surface area contributed by atoms with Gasteiger partial charge in [0, 0.05) is 26.2 Å². The average Bonchev–Trinajstić information content (AvgIpc) is 3.40. The number of ether oxygens (including phenoxy) is 1. The Morgan fingerprint density at radius 1 is 1.23 bits per heavy atom. The van der Waals surface area contributed by atoms with Gasteiger partial charge >= 0.3 is 11.9 Å². The molecule has 0 radical (unpaired) electrons. The molecule has 4 rings (SSSR count). The molecule has 0 spiro atoms. The van der Waals surface area contributed by atoms with E-state index in [0.717, 1.165) is 0 Å². The number of fused-ring (bicyclic) bond motifs is 1. The van der Waals surface area contributed by atoms with E-state index in [1.54, 1.807) is 0 Å². The summed E-state index contributed by atoms with van der Waals surface area (Å²) in [4.78, 5) is 28.3. The topological polar surface area (TPSA) is 119 Å². The monoisotopic (exact) mass is 433 g/mol. The number of nitrogens with two attached hydrogens (primary N) is 2. The highest BCUT2D eigenvalue weighted by molar-refractivity contribution is 5.70. The molecule has 3 aliphatic rings. The van der Waals surface area contributed by atoms with E-state index in [1.165, 1.54) is 16.6 Å². The summed E-state index contributed by atoms with van der Waals surface area (Å²) in [5.41, 5.74) is 9.37. The van der Waals surface area contributed by atoms with E-state index in [4.69, 9.17) is 16.2 Å². The molecule has 2 aliphatic carbocycles. The van der Waals surface area contributed by atoms with Crippen LogP contribution in [0, 0.1) is 11.8 Å². The van der Waals surface area contributed by atoms with Crippen LogP contribution in [0.1, 0.15) is 36.2 Å². The normalized spacial score (nSPS) is 30.1. The molecule has 1 saturated carbocycles. The van der Waals surface area contributed by atoms with E-state index in [9.17, 15) is 22.8 Å². The van der Waals surface area contributed by atoms with Crippen LogP contribution >= 0.6 is 0 Å². The van der Waals surface area contributed by atoms with Crippen molar-refractivity contribution in [3.05, 3.63) is 37.9 Å². The first-order chi connectivity index (χ1) is 14.1. The summed E-state index contributed by atoms with van der Waals surface area (Å²) in [6.07, 6.45) is -4.30. The zero-order valence-corrected chi connectivity index (χ0v) is 16.2. The Kier molecular flexibility index (Phi) is 5.06. The molecule has 1 aliphatic heterocycles. The summed E-state index contributed by atoms with van der Waals surface area (Å²) in [7, 11) is 1.26. The molecule has 12 heteroatoms. The highest BCUT2D eigenvalue weighted by Crippen LogP contribution is 2.46. The van der Waals surface area contributed by atoms with E-state index in [-0.39, 0.29) is 30.4 Å². The minimum absolute atomic E-state index is 0.109. The third-order valence-corrected chi connectivity index (χ3v) is 6.28. The highest BCUT2D eigenvalue weighted by atomic mass is 19.4. The Hall–Kier alpha value is -2.18. The van der Waals surface area contributed by atoms with Crippen LogP contribution < -0.4 is 22.7 Å². The Bertz CT molecular complexity index is 997. The molecule has 2 heterocycles. The van der Waals surface area contributed by atoms with Gasteiger partial charge in [-0.3, -0.25) is 19.2 Å². The predicted molar refractivity (Wildman–Crippen MR) is 99.0 cm³/mol. The van der Waals surface area contributed by atoms with Crippen molar-refractivity contribution < 1.29 is 22.3 Å². The summed E-state index contributed by atoms with van der Waals surface area (Å²) in [6.45, 7) is -0.810. The minimum atomic E-state index is -4.49. The molecule has 0 aromatic carbocycles. The second-order valence-corrected chi connectivity index (χ2v) is 8.08. The minimum Gasteiger partial charge on any atom is -0.396 e. The molecule has 1 saturated heterocycles. The number of H-pyrrole nitrogens is 1. The maximum Gasteiger partial charge on any atom is 0.393 e. The third kappa shape index (κ3) is 3.17. The maximum atomic E-state index is 15.4. The van der Waals surface area contributed by atoms with Gasteiger partial charge in [-0.25, -0.2) is 9.18 Å². The fourth-order valence-electron chi connectivity index (χ4n) is 4.70. The van der Waals surface area contributed by atoms with Gasteiger partial charge in [0.15, 0.2) is 0 Å². The van der Waals surface area contributed by atoms with Gasteiger partial charge in [-0.2, -0.15) is 13.2 Å². The number of halogens is 4. The third-order valence-electron chi connectivity index (χ3n) is 6.28. The average molecular weight is 433 g/mol. The number of nitrogens with one attached hydrogen (secondary N) is 1. The van der Waals surface area contributed by atoms with Crippen LogP contribution in [0.4, 0.5) is 17.6 Å². The zero-order valence-electron chi connectivity index (χ0n) is 16.2. The van der Waals surface area contributed by atoms with E-state index in [1.807, 2.05) is 0 Å². The van der Waals surface area contributed by atoms with Crippen LogP contribution in [-0.4, -0.2) is 53.4 Å². The second-order valence-electron chi connectivity index (χ2n) is 8.08. The van der Waals surface area contributed by atoms with Crippen LogP contribution in [-0.2, 0) is 4.74 Å². The van der Waals surface area contributed by atoms with Crippen molar-refractivity contribution >= 4 is 5.70 Å². The molecular formula is C18H23F4N5O3. The Labute approximate surface area is 168 Å². The molecule has 8 nitrogen and oxygen atoms in total. The summed E-state index contributed by atoms with van der Waals surface area (Å²) >= 11 is 0. The lowest BCUT2D eigenvalue weighted by atomic mass is 9.91. The Morgan fingerprint density at radius 2 is 1.90 bits per heavy atom. The zero-order chi connectivity index (χ0) is 22.0. The van der Waals surface area contributed by atoms with E-state index >= 15 is 4.39 Å². The van der Waals surface area contributed by atoms with Crippen molar-refractivity contribution in [3.63, 3.8) is 0 Å². The first kappa shape index (κ1) is 21.1. The van der Waals surface area contributed by atoms with Crippen LogP contribution in [0.2, 0.25) is 0 Å². The molecule has 0 amide bonds. The smallest absolute Gasteiger partial charge is 0.393 e. The van der Waals surface area contributed by atoms with Crippen molar-refractivity contribution in [2.24, 2.45) is 23.3 Å². The van der Waals surface area contributed by atoms with Crippen molar-refractivity contribution in [2.45, 2.75) is 37.2 Å². The lowest BCUT2D eigenvalue weighted by Gasteiger charge is -2.38. The summed E-state index contributed by atoms with van der Waals surface area (Å²) in [5.74, 6) is -3.58. The Balaban J connectivity index is 1.85. The summed E-state index contributed by atoms with van der Waals surface area (Å²) in [5, 5.41) is 0. The number of alkyl halides is 3. The molecule has 1 aromatic rings. The number of hydrogen-bond donors (Lipinski definition) is 3. The number of likely N-dealkylation sites (tertiary alicyclic amines) is 1. The van der Waals surface area contributed by atoms with Crippen LogP contribution in [0.15, 0.2) is 15.4 Å². The molecule has 4 atom stereocenters. The predicted octanol–water partition coefficient (Wildman–Crippen LogP) is 0.607. The van der Waals surface area contributed by atoms with Gasteiger partial charge in [-0.05, 0) is 25.3 Å². The van der Waals surface area contributed by atoms with Crippen LogP contribution in [0.25, 0.3) is 5.70 Å². The molecule has 166 valence electrons.